The van der Waals surface area contributed by atoms with Crippen molar-refractivity contribution in [2.75, 3.05) is 19.8 Å². The van der Waals surface area contributed by atoms with Crippen molar-refractivity contribution in [3.05, 3.63) is 0 Å². The Labute approximate surface area is 115 Å². The van der Waals surface area contributed by atoms with Crippen molar-refractivity contribution in [1.82, 2.24) is 10.2 Å². The molecule has 1 fully saturated rings. The van der Waals surface area contributed by atoms with E-state index in [0.29, 0.717) is 25.7 Å². The first-order chi connectivity index (χ1) is 8.84. The molecule has 110 valence electrons. The first kappa shape index (κ1) is 16.0. The predicted octanol–water partition coefficient (Wildman–Crippen LogP) is 1.03. The zero-order valence-corrected chi connectivity index (χ0v) is 12.6. The van der Waals surface area contributed by atoms with Gasteiger partial charge >= 0.3 is 0 Å². The fourth-order valence-electron chi connectivity index (χ4n) is 2.28. The second kappa shape index (κ2) is 6.89. The van der Waals surface area contributed by atoms with Crippen molar-refractivity contribution < 1.29 is 14.3 Å². The number of nitrogens with one attached hydrogen (secondary N) is 1. The molecular weight excluding hydrogens is 244 g/mol. The second-order valence-corrected chi connectivity index (χ2v) is 5.92. The van der Waals surface area contributed by atoms with Crippen molar-refractivity contribution in [3.8, 4) is 0 Å². The van der Waals surface area contributed by atoms with Gasteiger partial charge in [-0.3, -0.25) is 9.59 Å². The van der Waals surface area contributed by atoms with E-state index >= 15 is 0 Å². The molecular formula is C14H26N2O3. The summed E-state index contributed by atoms with van der Waals surface area (Å²) in [7, 11) is 0. The summed E-state index contributed by atoms with van der Waals surface area (Å²) in [4.78, 5) is 25.8. The molecule has 1 saturated heterocycles. The van der Waals surface area contributed by atoms with Crippen LogP contribution in [0.5, 0.6) is 0 Å². The molecule has 2 unspecified atom stereocenters. The Morgan fingerprint density at radius 2 is 1.89 bits per heavy atom. The van der Waals surface area contributed by atoms with E-state index in [4.69, 9.17) is 4.74 Å². The average Bonchev–Trinajstić information content (AvgIpc) is 2.29. The van der Waals surface area contributed by atoms with E-state index in [1.54, 1.807) is 11.8 Å². The molecule has 2 amide bonds. The van der Waals surface area contributed by atoms with Gasteiger partial charge in [-0.2, -0.15) is 0 Å². The van der Waals surface area contributed by atoms with Crippen LogP contribution in [0.25, 0.3) is 0 Å². The highest BCUT2D eigenvalue weighted by molar-refractivity contribution is 5.96. The van der Waals surface area contributed by atoms with Gasteiger partial charge in [-0.1, -0.05) is 27.7 Å². The van der Waals surface area contributed by atoms with Gasteiger partial charge in [0.25, 0.3) is 0 Å². The number of ether oxygens (including phenoxy) is 1. The Bertz CT molecular complexity index is 329. The van der Waals surface area contributed by atoms with Crippen LogP contribution in [-0.2, 0) is 14.3 Å². The van der Waals surface area contributed by atoms with Crippen LogP contribution in [0.2, 0.25) is 0 Å². The number of rotatable bonds is 6. The lowest BCUT2D eigenvalue weighted by atomic mass is 9.97. The zero-order chi connectivity index (χ0) is 14.6. The molecule has 1 N–H and O–H groups in total. The zero-order valence-electron chi connectivity index (χ0n) is 12.6. The molecule has 0 radical (unpaired) electrons. The van der Waals surface area contributed by atoms with Gasteiger partial charge in [0.1, 0.15) is 12.1 Å². The first-order valence-corrected chi connectivity index (χ1v) is 7.03. The molecule has 1 rings (SSSR count). The topological polar surface area (TPSA) is 58.6 Å². The van der Waals surface area contributed by atoms with Gasteiger partial charge in [-0.25, -0.2) is 0 Å². The highest BCUT2D eigenvalue weighted by Gasteiger charge is 2.39. The van der Waals surface area contributed by atoms with Gasteiger partial charge in [0, 0.05) is 13.2 Å². The van der Waals surface area contributed by atoms with Gasteiger partial charge in [0.15, 0.2) is 0 Å². The molecule has 1 aliphatic rings. The van der Waals surface area contributed by atoms with Crippen molar-refractivity contribution >= 4 is 11.8 Å². The van der Waals surface area contributed by atoms with E-state index in [9.17, 15) is 9.59 Å². The standard InChI is InChI=1S/C14H26N2O3/c1-9(2)8-19-7-6-16-12(10(3)4)13(17)15-11(5)14(16)18/h9-12H,6-8H2,1-5H3,(H,15,17). The molecule has 0 aromatic rings. The Balaban J connectivity index is 2.62. The van der Waals surface area contributed by atoms with E-state index in [1.807, 2.05) is 13.8 Å². The van der Waals surface area contributed by atoms with E-state index in [0.717, 1.165) is 0 Å². The van der Waals surface area contributed by atoms with Crippen LogP contribution in [-0.4, -0.2) is 48.6 Å². The molecule has 0 aromatic carbocycles. The van der Waals surface area contributed by atoms with Crippen LogP contribution in [0.3, 0.4) is 0 Å². The third-order valence-electron chi connectivity index (χ3n) is 3.18. The number of hydrogen-bond donors (Lipinski definition) is 1. The second-order valence-electron chi connectivity index (χ2n) is 5.92. The molecule has 0 aliphatic carbocycles. The lowest BCUT2D eigenvalue weighted by molar-refractivity contribution is -0.151. The lowest BCUT2D eigenvalue weighted by Gasteiger charge is -2.39. The third kappa shape index (κ3) is 4.20. The van der Waals surface area contributed by atoms with Crippen LogP contribution in [0.4, 0.5) is 0 Å². The summed E-state index contributed by atoms with van der Waals surface area (Å²) in [6.45, 7) is 11.4. The Hall–Kier alpha value is -1.10. The molecule has 0 spiro atoms. The lowest BCUT2D eigenvalue weighted by Crippen LogP contribution is -2.64. The van der Waals surface area contributed by atoms with Crippen LogP contribution in [0, 0.1) is 11.8 Å². The molecule has 19 heavy (non-hydrogen) atoms. The monoisotopic (exact) mass is 270 g/mol. The van der Waals surface area contributed by atoms with Gasteiger partial charge in [0.2, 0.25) is 11.8 Å². The first-order valence-electron chi connectivity index (χ1n) is 7.03. The summed E-state index contributed by atoms with van der Waals surface area (Å²) in [6.07, 6.45) is 0. The number of nitrogens with zero attached hydrogens (tertiary/aromatic N) is 1. The number of hydrogen-bond acceptors (Lipinski definition) is 3. The summed E-state index contributed by atoms with van der Waals surface area (Å²) in [5, 5.41) is 2.73. The summed E-state index contributed by atoms with van der Waals surface area (Å²) in [6, 6.07) is -0.820. The largest absolute Gasteiger partial charge is 0.379 e. The maximum absolute atomic E-state index is 12.2. The normalized spacial score (nSPS) is 24.3. The Kier molecular flexibility index (Phi) is 5.79. The summed E-state index contributed by atoms with van der Waals surface area (Å²) < 4.78 is 5.52. The minimum atomic E-state index is -0.437. The van der Waals surface area contributed by atoms with E-state index in [2.05, 4.69) is 19.2 Å². The number of carbonyl (C=O) groups excluding carboxylic acids is 2. The molecule has 1 heterocycles. The minimum absolute atomic E-state index is 0.0218. The Morgan fingerprint density at radius 1 is 1.26 bits per heavy atom. The molecule has 5 heteroatoms. The smallest absolute Gasteiger partial charge is 0.245 e. The molecule has 0 aromatic heterocycles. The molecule has 0 saturated carbocycles. The van der Waals surface area contributed by atoms with Crippen molar-refractivity contribution in [3.63, 3.8) is 0 Å². The van der Waals surface area contributed by atoms with Gasteiger partial charge in [-0.05, 0) is 18.8 Å². The quantitative estimate of drug-likeness (QED) is 0.733. The summed E-state index contributed by atoms with van der Waals surface area (Å²) in [5.41, 5.74) is 0. The maximum Gasteiger partial charge on any atom is 0.245 e. The summed E-state index contributed by atoms with van der Waals surface area (Å²) in [5.74, 6) is 0.485. The fourth-order valence-corrected chi connectivity index (χ4v) is 2.28. The van der Waals surface area contributed by atoms with Gasteiger partial charge in [-0.15, -0.1) is 0 Å². The SMILES string of the molecule is CC(C)COCCN1C(=O)C(C)NC(=O)C1C(C)C. The number of carbonyl (C=O) groups is 2. The van der Waals surface area contributed by atoms with Crippen molar-refractivity contribution in [1.29, 1.82) is 0 Å². The van der Waals surface area contributed by atoms with E-state index in [-0.39, 0.29) is 23.8 Å². The molecule has 1 aliphatic heterocycles. The van der Waals surface area contributed by atoms with Crippen LogP contribution >= 0.6 is 0 Å². The van der Waals surface area contributed by atoms with E-state index < -0.39 is 6.04 Å². The van der Waals surface area contributed by atoms with Crippen molar-refractivity contribution in [2.45, 2.75) is 46.7 Å². The van der Waals surface area contributed by atoms with Crippen molar-refractivity contribution in [2.24, 2.45) is 11.8 Å². The van der Waals surface area contributed by atoms with Crippen LogP contribution in [0.1, 0.15) is 34.6 Å². The average molecular weight is 270 g/mol. The van der Waals surface area contributed by atoms with E-state index in [1.165, 1.54) is 0 Å². The Morgan fingerprint density at radius 3 is 2.42 bits per heavy atom. The van der Waals surface area contributed by atoms with Gasteiger partial charge in [0.05, 0.1) is 6.61 Å². The molecule has 0 bridgehead atoms. The molecule has 5 nitrogen and oxygen atoms in total. The number of amides is 2. The van der Waals surface area contributed by atoms with Gasteiger partial charge < -0.3 is 15.0 Å². The summed E-state index contributed by atoms with van der Waals surface area (Å²) >= 11 is 0. The highest BCUT2D eigenvalue weighted by Crippen LogP contribution is 2.17. The predicted molar refractivity (Wildman–Crippen MR) is 73.6 cm³/mol. The highest BCUT2D eigenvalue weighted by atomic mass is 16.5. The minimum Gasteiger partial charge on any atom is -0.379 e. The van der Waals surface area contributed by atoms with Crippen LogP contribution < -0.4 is 5.32 Å². The molecule has 2 atom stereocenters. The fraction of sp³-hybridized carbons (Fsp3) is 0.857. The third-order valence-corrected chi connectivity index (χ3v) is 3.18. The number of piperazine rings is 1. The maximum atomic E-state index is 12.2. The van der Waals surface area contributed by atoms with Crippen LogP contribution in [0.15, 0.2) is 0 Å².